The summed E-state index contributed by atoms with van der Waals surface area (Å²) < 4.78 is 2.06. The van der Waals surface area contributed by atoms with Crippen molar-refractivity contribution < 1.29 is 14.4 Å². The van der Waals surface area contributed by atoms with Gasteiger partial charge in [-0.3, -0.25) is 14.4 Å². The Morgan fingerprint density at radius 1 is 1.17 bits per heavy atom. The fourth-order valence-electron chi connectivity index (χ4n) is 4.60. The molecule has 4 rings (SSSR count). The second-order valence-electron chi connectivity index (χ2n) is 10.1. The Balaban J connectivity index is 1.81. The number of rotatable bonds is 8. The molecule has 8 heteroatoms. The molecule has 2 aromatic carbocycles. The highest BCUT2D eigenvalue weighted by Gasteiger charge is 2.29. The molecule has 1 aliphatic rings. The van der Waals surface area contributed by atoms with Gasteiger partial charge in [-0.1, -0.05) is 44.2 Å². The van der Waals surface area contributed by atoms with Crippen molar-refractivity contribution in [3.05, 3.63) is 59.4 Å². The van der Waals surface area contributed by atoms with E-state index in [1.54, 1.807) is 11.0 Å². The highest BCUT2D eigenvalue weighted by molar-refractivity contribution is 6.08. The minimum absolute atomic E-state index is 0.0218. The van der Waals surface area contributed by atoms with E-state index in [-0.39, 0.29) is 35.7 Å². The average Bonchev–Trinajstić information content (AvgIpc) is 3.39. The minimum Gasteiger partial charge on any atom is -0.352 e. The number of hydrogen-bond acceptors (Lipinski definition) is 4. The summed E-state index contributed by atoms with van der Waals surface area (Å²) in [5.41, 5.74) is 3.54. The van der Waals surface area contributed by atoms with Gasteiger partial charge in [-0.05, 0) is 44.9 Å². The molecule has 1 fully saturated rings. The number of anilines is 1. The Kier molecular flexibility index (Phi) is 7.43. The fraction of sp³-hybridized carbons (Fsp3) is 0.429. The molecule has 0 unspecified atom stereocenters. The third-order valence-electron chi connectivity index (χ3n) is 6.62. The molecule has 0 spiro atoms. The summed E-state index contributed by atoms with van der Waals surface area (Å²) in [5.74, 6) is 0.340. The first-order valence-electron chi connectivity index (χ1n) is 12.6. The van der Waals surface area contributed by atoms with E-state index >= 15 is 0 Å². The van der Waals surface area contributed by atoms with Crippen LogP contribution in [0.1, 0.15) is 62.3 Å². The Morgan fingerprint density at radius 2 is 1.89 bits per heavy atom. The molecule has 0 aliphatic carbocycles. The first-order chi connectivity index (χ1) is 17.1. The van der Waals surface area contributed by atoms with E-state index in [0.717, 1.165) is 16.9 Å². The normalized spacial score (nSPS) is 15.5. The molecule has 1 saturated heterocycles. The first-order valence-corrected chi connectivity index (χ1v) is 12.6. The van der Waals surface area contributed by atoms with Crippen LogP contribution in [0, 0.1) is 12.8 Å². The minimum atomic E-state index is -0.199. The van der Waals surface area contributed by atoms with E-state index in [1.165, 1.54) is 0 Å². The topological polar surface area (TPSA) is 96.3 Å². The number of imidazole rings is 1. The molecule has 1 aliphatic heterocycles. The van der Waals surface area contributed by atoms with Crippen LogP contribution in [0.5, 0.6) is 0 Å². The summed E-state index contributed by atoms with van der Waals surface area (Å²) in [6, 6.07) is 13.5. The lowest BCUT2D eigenvalue weighted by Crippen LogP contribution is -2.45. The number of carbonyl (C=O) groups excluding carboxylic acids is 3. The molecule has 1 atom stereocenters. The zero-order chi connectivity index (χ0) is 26.0. The summed E-state index contributed by atoms with van der Waals surface area (Å²) in [6.07, 6.45) is 1.19. The Morgan fingerprint density at radius 3 is 2.50 bits per heavy atom. The van der Waals surface area contributed by atoms with Crippen LogP contribution < -0.4 is 10.6 Å². The highest BCUT2D eigenvalue weighted by Crippen LogP contribution is 2.28. The second kappa shape index (κ2) is 10.5. The second-order valence-corrected chi connectivity index (χ2v) is 10.1. The van der Waals surface area contributed by atoms with E-state index < -0.39 is 0 Å². The predicted octanol–water partition coefficient (Wildman–Crippen LogP) is 4.12. The zero-order valence-electron chi connectivity index (χ0n) is 21.7. The van der Waals surface area contributed by atoms with Crippen molar-refractivity contribution >= 4 is 34.4 Å². The number of aromatic nitrogens is 2. The molecule has 1 aromatic heterocycles. The third kappa shape index (κ3) is 5.42. The lowest BCUT2D eigenvalue weighted by atomic mass is 10.1. The van der Waals surface area contributed by atoms with E-state index in [2.05, 4.69) is 15.2 Å². The quantitative estimate of drug-likeness (QED) is 0.498. The number of carbonyl (C=O) groups is 3. The van der Waals surface area contributed by atoms with Gasteiger partial charge in [0.2, 0.25) is 11.8 Å². The Bertz CT molecular complexity index is 1280. The third-order valence-corrected chi connectivity index (χ3v) is 6.62. The summed E-state index contributed by atoms with van der Waals surface area (Å²) >= 11 is 0. The van der Waals surface area contributed by atoms with Crippen LogP contribution in [0.4, 0.5) is 5.69 Å². The van der Waals surface area contributed by atoms with Gasteiger partial charge in [-0.25, -0.2) is 4.98 Å². The van der Waals surface area contributed by atoms with Crippen molar-refractivity contribution in [3.63, 3.8) is 0 Å². The number of fused-ring (bicyclic) bond motifs is 1. The SMILES string of the molecule is Cc1nc2cc(NC(=O)C(C)C)cc(C(=O)N(C[C@@H]3CCC(=O)N3)C(C)C)c2n1Cc1ccccc1. The molecule has 2 heterocycles. The molecule has 2 N–H and O–H groups in total. The molecule has 0 saturated carbocycles. The molecular formula is C28H35N5O3. The van der Waals surface area contributed by atoms with Crippen LogP contribution in [0.3, 0.4) is 0 Å². The van der Waals surface area contributed by atoms with Crippen LogP contribution in [0.15, 0.2) is 42.5 Å². The van der Waals surface area contributed by atoms with Crippen molar-refractivity contribution in [3.8, 4) is 0 Å². The molecule has 8 nitrogen and oxygen atoms in total. The van der Waals surface area contributed by atoms with Crippen molar-refractivity contribution in [2.75, 3.05) is 11.9 Å². The van der Waals surface area contributed by atoms with Crippen LogP contribution in [-0.4, -0.2) is 50.8 Å². The molecule has 36 heavy (non-hydrogen) atoms. The van der Waals surface area contributed by atoms with Crippen molar-refractivity contribution in [2.24, 2.45) is 5.92 Å². The van der Waals surface area contributed by atoms with E-state index in [9.17, 15) is 14.4 Å². The van der Waals surface area contributed by atoms with Gasteiger partial charge < -0.3 is 20.1 Å². The number of amides is 3. The number of nitrogens with one attached hydrogen (secondary N) is 2. The van der Waals surface area contributed by atoms with Crippen LogP contribution in [-0.2, 0) is 16.1 Å². The average molecular weight is 490 g/mol. The summed E-state index contributed by atoms with van der Waals surface area (Å²) in [5, 5.41) is 5.91. The summed E-state index contributed by atoms with van der Waals surface area (Å²) in [4.78, 5) is 44.9. The smallest absolute Gasteiger partial charge is 0.256 e. The van der Waals surface area contributed by atoms with E-state index in [1.807, 2.05) is 71.0 Å². The maximum Gasteiger partial charge on any atom is 0.256 e. The summed E-state index contributed by atoms with van der Waals surface area (Å²) in [7, 11) is 0. The molecular weight excluding hydrogens is 454 g/mol. The maximum absolute atomic E-state index is 14.1. The van der Waals surface area contributed by atoms with Crippen LogP contribution >= 0.6 is 0 Å². The van der Waals surface area contributed by atoms with Gasteiger partial charge in [-0.15, -0.1) is 0 Å². The first kappa shape index (κ1) is 25.4. The Hall–Kier alpha value is -3.68. The van der Waals surface area contributed by atoms with Gasteiger partial charge in [0.15, 0.2) is 0 Å². The maximum atomic E-state index is 14.1. The van der Waals surface area contributed by atoms with E-state index in [0.29, 0.717) is 42.7 Å². The van der Waals surface area contributed by atoms with Gasteiger partial charge in [-0.2, -0.15) is 0 Å². The van der Waals surface area contributed by atoms with E-state index in [4.69, 9.17) is 4.98 Å². The standard InChI is InChI=1S/C28H35N5O3/c1-17(2)27(35)31-22-13-23(28(36)32(18(3)4)16-21-11-12-25(34)30-21)26-24(14-22)29-19(5)33(26)15-20-9-7-6-8-10-20/h6-10,13-14,17-18,21H,11-12,15-16H2,1-5H3,(H,30,34)(H,31,35)/t21-/m0/s1. The number of aryl methyl sites for hydroxylation is 1. The largest absolute Gasteiger partial charge is 0.352 e. The monoisotopic (exact) mass is 489 g/mol. The van der Waals surface area contributed by atoms with Gasteiger partial charge >= 0.3 is 0 Å². The molecule has 0 radical (unpaired) electrons. The van der Waals surface area contributed by atoms with Gasteiger partial charge in [0.05, 0.1) is 16.6 Å². The lowest BCUT2D eigenvalue weighted by molar-refractivity contribution is -0.120. The highest BCUT2D eigenvalue weighted by atomic mass is 16.2. The van der Waals surface area contributed by atoms with Crippen LogP contribution in [0.2, 0.25) is 0 Å². The fourth-order valence-corrected chi connectivity index (χ4v) is 4.60. The number of nitrogens with zero attached hydrogens (tertiary/aromatic N) is 3. The van der Waals surface area contributed by atoms with Gasteiger partial charge in [0.25, 0.3) is 5.91 Å². The molecule has 190 valence electrons. The van der Waals surface area contributed by atoms with Crippen molar-refractivity contribution in [2.45, 2.75) is 66.1 Å². The van der Waals surface area contributed by atoms with Gasteiger partial charge in [0, 0.05) is 43.2 Å². The zero-order valence-corrected chi connectivity index (χ0v) is 21.7. The van der Waals surface area contributed by atoms with Crippen molar-refractivity contribution in [1.29, 1.82) is 0 Å². The van der Waals surface area contributed by atoms with Crippen LogP contribution in [0.25, 0.3) is 11.0 Å². The molecule has 0 bridgehead atoms. The molecule has 3 amide bonds. The number of benzene rings is 2. The lowest BCUT2D eigenvalue weighted by Gasteiger charge is -2.30. The molecule has 3 aromatic rings. The Labute approximate surface area is 212 Å². The van der Waals surface area contributed by atoms with Gasteiger partial charge in [0.1, 0.15) is 5.82 Å². The summed E-state index contributed by atoms with van der Waals surface area (Å²) in [6.45, 7) is 10.5. The predicted molar refractivity (Wildman–Crippen MR) is 141 cm³/mol. The van der Waals surface area contributed by atoms with Crippen molar-refractivity contribution in [1.82, 2.24) is 19.8 Å². The number of hydrogen-bond donors (Lipinski definition) is 2.